The van der Waals surface area contributed by atoms with Crippen molar-refractivity contribution in [1.82, 2.24) is 15.2 Å². The predicted molar refractivity (Wildman–Crippen MR) is 217 cm³/mol. The number of unbranched alkanes of at least 4 members (excludes halogenated alkanes) is 1. The predicted octanol–water partition coefficient (Wildman–Crippen LogP) is 7.88. The zero-order chi connectivity index (χ0) is 40.5. The number of carbonyl (C=O) groups is 4. The molecule has 0 saturated heterocycles. The van der Waals surface area contributed by atoms with Gasteiger partial charge in [-0.25, -0.2) is 4.98 Å². The van der Waals surface area contributed by atoms with E-state index < -0.39 is 11.9 Å². The fraction of sp³-hybridized carbons (Fsp3) is 0.683. The molecule has 0 bridgehead atoms. The van der Waals surface area contributed by atoms with Crippen LogP contribution in [0.3, 0.4) is 0 Å². The molecule has 4 unspecified atom stereocenters. The number of primary amides is 1. The fourth-order valence-electron chi connectivity index (χ4n) is 6.12. The van der Waals surface area contributed by atoms with Gasteiger partial charge in [0.2, 0.25) is 11.8 Å². The lowest BCUT2D eigenvalue weighted by molar-refractivity contribution is -0.139. The van der Waals surface area contributed by atoms with Crippen LogP contribution in [0.2, 0.25) is 0 Å². The molecular weight excluding hydrogens is 691 g/mol. The third-order valence-corrected chi connectivity index (χ3v) is 9.94. The van der Waals surface area contributed by atoms with Gasteiger partial charge < -0.3 is 31.5 Å². The topological polar surface area (TPSA) is 178 Å². The van der Waals surface area contributed by atoms with Gasteiger partial charge in [-0.05, 0) is 62.1 Å². The van der Waals surface area contributed by atoms with Crippen LogP contribution >= 0.6 is 11.3 Å². The molecule has 0 aliphatic heterocycles. The Kier molecular flexibility index (Phi) is 26.4. The molecule has 5 atom stereocenters. The van der Waals surface area contributed by atoms with Crippen LogP contribution in [0, 0.1) is 11.8 Å². The third-order valence-electron chi connectivity index (χ3n) is 9.00. The molecule has 12 heteroatoms. The number of nitrogens with two attached hydrogens (primary N) is 2. The summed E-state index contributed by atoms with van der Waals surface area (Å²) in [6, 6.07) is 7.25. The van der Waals surface area contributed by atoms with Gasteiger partial charge in [0.1, 0.15) is 16.8 Å². The van der Waals surface area contributed by atoms with E-state index in [1.807, 2.05) is 56.9 Å². The minimum atomic E-state index is -0.881. The van der Waals surface area contributed by atoms with Gasteiger partial charge >= 0.3 is 5.97 Å². The number of nitrogens with zero attached hydrogens (tertiary/aromatic N) is 2. The highest BCUT2D eigenvalue weighted by molar-refractivity contribution is 7.09. The molecule has 2 aromatic rings. The molecule has 0 saturated carbocycles. The summed E-state index contributed by atoms with van der Waals surface area (Å²) in [4.78, 5) is 55.3. The molecule has 1 aliphatic rings. The van der Waals surface area contributed by atoms with E-state index in [0.29, 0.717) is 56.9 Å². The zero-order valence-corrected chi connectivity index (χ0v) is 35.1. The molecule has 1 aromatic heterocycles. The molecule has 6 N–H and O–H groups in total. The maximum absolute atomic E-state index is 13.3. The van der Waals surface area contributed by atoms with Gasteiger partial charge in [-0.1, -0.05) is 99.4 Å². The molecule has 3 amide bonds. The van der Waals surface area contributed by atoms with Gasteiger partial charge in [-0.3, -0.25) is 19.2 Å². The van der Waals surface area contributed by atoms with E-state index in [-0.39, 0.29) is 41.8 Å². The van der Waals surface area contributed by atoms with E-state index in [4.69, 9.17) is 15.5 Å². The number of ether oxygens (including phenoxy) is 1. The van der Waals surface area contributed by atoms with Crippen molar-refractivity contribution in [3.05, 3.63) is 51.5 Å². The normalized spacial score (nSPS) is 16.2. The number of aromatic nitrogens is 1. The van der Waals surface area contributed by atoms with E-state index in [9.17, 15) is 24.3 Å². The number of thiazole rings is 1. The fourth-order valence-corrected chi connectivity index (χ4v) is 6.98. The number of carbonyl (C=O) groups excluding carboxylic acids is 3. The van der Waals surface area contributed by atoms with Crippen LogP contribution in [0.25, 0.3) is 0 Å². The van der Waals surface area contributed by atoms with E-state index in [1.54, 1.807) is 5.38 Å². The molecule has 0 radical (unpaired) electrons. The summed E-state index contributed by atoms with van der Waals surface area (Å²) >= 11 is 1.40. The lowest BCUT2D eigenvalue weighted by atomic mass is 9.80. The average Bonchev–Trinajstić information content (AvgIpc) is 3.65. The lowest BCUT2D eigenvalue weighted by Crippen LogP contribution is -2.44. The summed E-state index contributed by atoms with van der Waals surface area (Å²) in [5.41, 5.74) is 11.5. The number of nitrogens with one attached hydrogen (secondary N) is 1. The number of carboxylic acids is 1. The Hall–Kier alpha value is -3.35. The van der Waals surface area contributed by atoms with Crippen molar-refractivity contribution >= 4 is 35.0 Å². The Labute approximate surface area is 324 Å². The van der Waals surface area contributed by atoms with Gasteiger partial charge in [0.25, 0.3) is 5.91 Å². The van der Waals surface area contributed by atoms with Crippen LogP contribution in [0.1, 0.15) is 159 Å². The Balaban J connectivity index is 0.00000196. The standard InChI is InChI=1S/C32H47N3O5S.C6H13NO.C2H6.CH5N/c1-6-9-14-29(36)35(15-7-2)27(21(4)5)19-28(40-16-8-3)31-34-26(20-41-31)30(37)33-23-17-22-12-10-11-13-24(22)25(18-23)32(38)39;1-3-5(2)4-6(7)8;2*1-2/h10-13,20-21,23,25,27-28H,6-9,14-19H2,1-5H3,(H,33,37)(H,38,39);5H,3-4H2,1-2H3,(H2,7,8);1-2H3;2H2,1H3/t23?,25-,27?,28?;;;/m1.../s1. The maximum Gasteiger partial charge on any atom is 0.311 e. The number of amides is 3. The molecule has 0 fully saturated rings. The molecular formula is C41H71N5O6S. The minimum Gasteiger partial charge on any atom is -0.481 e. The second kappa shape index (κ2) is 28.1. The molecule has 0 spiro atoms. The van der Waals surface area contributed by atoms with E-state index in [2.05, 4.69) is 45.7 Å². The smallest absolute Gasteiger partial charge is 0.311 e. The monoisotopic (exact) mass is 762 g/mol. The number of benzene rings is 1. The SMILES string of the molecule is CC.CCC(C)CC(N)=O.CCCCC(=O)N(CCC)C(CC(OCCC)c1nc(C(=O)NC2Cc3ccccc3[C@H](C(=O)O)C2)cs1)C(C)C.CN. The first kappa shape index (κ1) is 49.6. The average molecular weight is 762 g/mol. The molecule has 1 heterocycles. The number of aliphatic carboxylic acids is 1. The largest absolute Gasteiger partial charge is 0.481 e. The van der Waals surface area contributed by atoms with Gasteiger partial charge in [-0.15, -0.1) is 11.3 Å². The molecule has 1 aromatic carbocycles. The van der Waals surface area contributed by atoms with Gasteiger partial charge in [0.15, 0.2) is 0 Å². The number of fused-ring (bicyclic) bond motifs is 1. The minimum absolute atomic E-state index is 0.00222. The van der Waals surface area contributed by atoms with Crippen molar-refractivity contribution < 1.29 is 29.0 Å². The van der Waals surface area contributed by atoms with E-state index in [0.717, 1.165) is 48.2 Å². The summed E-state index contributed by atoms with van der Waals surface area (Å²) in [5, 5.41) is 15.3. The number of carboxylic acid groups (broad SMARTS) is 1. The Morgan fingerprint density at radius 3 is 2.23 bits per heavy atom. The third kappa shape index (κ3) is 17.6. The summed E-state index contributed by atoms with van der Waals surface area (Å²) in [7, 11) is 1.50. The maximum atomic E-state index is 13.3. The van der Waals surface area contributed by atoms with Crippen molar-refractivity contribution in [3.8, 4) is 0 Å². The Morgan fingerprint density at radius 1 is 1.04 bits per heavy atom. The molecule has 3 rings (SSSR count). The summed E-state index contributed by atoms with van der Waals surface area (Å²) in [6.45, 7) is 19.9. The lowest BCUT2D eigenvalue weighted by Gasteiger charge is -2.36. The Bertz CT molecular complexity index is 1340. The number of rotatable bonds is 19. The van der Waals surface area contributed by atoms with Crippen molar-refractivity contribution in [2.24, 2.45) is 23.3 Å². The van der Waals surface area contributed by atoms with Crippen LogP contribution < -0.4 is 16.8 Å². The van der Waals surface area contributed by atoms with Crippen LogP contribution in [0.5, 0.6) is 0 Å². The van der Waals surface area contributed by atoms with Gasteiger partial charge in [0.05, 0.1) is 5.92 Å². The van der Waals surface area contributed by atoms with Crippen LogP contribution in [0.15, 0.2) is 29.6 Å². The van der Waals surface area contributed by atoms with Gasteiger partial charge in [0, 0.05) is 49.9 Å². The highest BCUT2D eigenvalue weighted by Gasteiger charge is 2.34. The number of hydrogen-bond donors (Lipinski definition) is 4. The van der Waals surface area contributed by atoms with Crippen molar-refractivity contribution in [2.45, 2.75) is 151 Å². The van der Waals surface area contributed by atoms with Crippen LogP contribution in [-0.2, 0) is 25.5 Å². The second-order valence-electron chi connectivity index (χ2n) is 13.6. The first-order valence-corrected chi connectivity index (χ1v) is 20.6. The summed E-state index contributed by atoms with van der Waals surface area (Å²) in [6.07, 6.45) is 6.91. The van der Waals surface area contributed by atoms with Gasteiger partial charge in [-0.2, -0.15) is 0 Å². The summed E-state index contributed by atoms with van der Waals surface area (Å²) in [5.74, 6) is -1.16. The van der Waals surface area contributed by atoms with E-state index in [1.165, 1.54) is 18.4 Å². The second-order valence-corrected chi connectivity index (χ2v) is 14.4. The number of hydrogen-bond acceptors (Lipinski definition) is 8. The van der Waals surface area contributed by atoms with Crippen LogP contribution in [-0.4, -0.2) is 71.0 Å². The molecule has 11 nitrogen and oxygen atoms in total. The first-order chi connectivity index (χ1) is 25.4. The van der Waals surface area contributed by atoms with E-state index >= 15 is 0 Å². The van der Waals surface area contributed by atoms with Crippen molar-refractivity contribution in [3.63, 3.8) is 0 Å². The molecule has 302 valence electrons. The molecule has 1 aliphatic carbocycles. The first-order valence-electron chi connectivity index (χ1n) is 19.7. The zero-order valence-electron chi connectivity index (χ0n) is 34.3. The Morgan fingerprint density at radius 2 is 1.70 bits per heavy atom. The highest BCUT2D eigenvalue weighted by atomic mass is 32.1. The quantitative estimate of drug-likeness (QED) is 0.112. The van der Waals surface area contributed by atoms with Crippen LogP contribution in [0.4, 0.5) is 0 Å². The summed E-state index contributed by atoms with van der Waals surface area (Å²) < 4.78 is 6.28. The van der Waals surface area contributed by atoms with Crippen molar-refractivity contribution in [1.29, 1.82) is 0 Å². The molecule has 53 heavy (non-hydrogen) atoms. The highest BCUT2D eigenvalue weighted by Crippen LogP contribution is 2.33. The van der Waals surface area contributed by atoms with Crippen molar-refractivity contribution in [2.75, 3.05) is 20.2 Å².